The molecule has 1 fully saturated rings. The van der Waals surface area contributed by atoms with E-state index in [0.717, 1.165) is 16.0 Å². The van der Waals surface area contributed by atoms with Crippen molar-refractivity contribution in [3.8, 4) is 17.2 Å². The highest BCUT2D eigenvalue weighted by Crippen LogP contribution is 2.45. The van der Waals surface area contributed by atoms with Crippen LogP contribution in [-0.2, 0) is 16.0 Å². The Morgan fingerprint density at radius 1 is 1.13 bits per heavy atom. The van der Waals surface area contributed by atoms with Gasteiger partial charge in [-0.25, -0.2) is 4.98 Å². The number of Topliss-reactive ketones (excluding diaryl/α,β-unsaturated/α-hetero) is 1. The molecule has 1 amide bonds. The van der Waals surface area contributed by atoms with Gasteiger partial charge in [-0.3, -0.25) is 14.5 Å². The van der Waals surface area contributed by atoms with Crippen LogP contribution in [0.15, 0.2) is 66.2 Å². The topological polar surface area (TPSA) is 98.2 Å². The molecule has 39 heavy (non-hydrogen) atoms. The maximum atomic E-state index is 13.6. The molecule has 0 aliphatic carbocycles. The first-order valence-corrected chi connectivity index (χ1v) is 13.5. The third-order valence-electron chi connectivity index (χ3n) is 6.89. The summed E-state index contributed by atoms with van der Waals surface area (Å²) in [5, 5.41) is 11.9. The fourth-order valence-corrected chi connectivity index (χ4v) is 6.15. The number of aliphatic hydroxyl groups excluding tert-OH is 1. The first-order valence-electron chi connectivity index (χ1n) is 12.7. The van der Waals surface area contributed by atoms with E-state index in [9.17, 15) is 14.7 Å². The number of hydrogen-bond acceptors (Lipinski definition) is 8. The Morgan fingerprint density at radius 2 is 1.97 bits per heavy atom. The molecule has 1 aromatic heterocycles. The number of benzene rings is 3. The number of methoxy groups -OCH3 is 1. The largest absolute Gasteiger partial charge is 0.507 e. The summed E-state index contributed by atoms with van der Waals surface area (Å²) >= 11 is 1.28. The maximum absolute atomic E-state index is 13.6. The molecule has 3 heterocycles. The van der Waals surface area contributed by atoms with Crippen LogP contribution in [0.1, 0.15) is 36.6 Å². The number of aliphatic hydroxyl groups is 1. The number of rotatable bonds is 6. The van der Waals surface area contributed by atoms with Crippen molar-refractivity contribution in [2.24, 2.45) is 0 Å². The first kappa shape index (κ1) is 24.9. The standard InChI is InChI=1S/C30H26N2O6S/c1-4-37-21-7-5-6-17(14-21)26-25(27(33)18-8-11-23-19(13-18)12-16(2)38-23)28(34)29(35)32(26)30-31-22-10-9-20(36-3)15-24(22)39-30/h5-11,13-16,26,33H,4,12H2,1-3H3/b27-25+/t16-,26+/m1/s1. The first-order chi connectivity index (χ1) is 18.9. The van der Waals surface area contributed by atoms with Crippen LogP contribution in [0.2, 0.25) is 0 Å². The molecule has 0 spiro atoms. The third kappa shape index (κ3) is 4.28. The second kappa shape index (κ2) is 9.74. The average molecular weight is 543 g/mol. The number of ketones is 1. The van der Waals surface area contributed by atoms with Gasteiger partial charge in [0, 0.05) is 12.0 Å². The Kier molecular flexibility index (Phi) is 6.23. The predicted octanol–water partition coefficient (Wildman–Crippen LogP) is 5.65. The molecule has 2 aliphatic rings. The van der Waals surface area contributed by atoms with Crippen LogP contribution >= 0.6 is 11.3 Å². The molecule has 4 aromatic rings. The van der Waals surface area contributed by atoms with Gasteiger partial charge in [0.25, 0.3) is 5.78 Å². The molecule has 0 radical (unpaired) electrons. The fourth-order valence-electron chi connectivity index (χ4n) is 5.13. The van der Waals surface area contributed by atoms with Crippen molar-refractivity contribution in [3.05, 3.63) is 82.9 Å². The highest BCUT2D eigenvalue weighted by atomic mass is 32.1. The second-order valence-electron chi connectivity index (χ2n) is 9.46. The highest BCUT2D eigenvalue weighted by Gasteiger charge is 2.48. The Bertz CT molecular complexity index is 1660. The van der Waals surface area contributed by atoms with E-state index in [1.54, 1.807) is 37.4 Å². The Morgan fingerprint density at radius 3 is 2.77 bits per heavy atom. The minimum atomic E-state index is -0.906. The summed E-state index contributed by atoms with van der Waals surface area (Å²) in [5.41, 5.74) is 2.68. The van der Waals surface area contributed by atoms with E-state index >= 15 is 0 Å². The van der Waals surface area contributed by atoms with E-state index < -0.39 is 17.7 Å². The number of thiazole rings is 1. The van der Waals surface area contributed by atoms with Gasteiger partial charge in [0.2, 0.25) is 0 Å². The van der Waals surface area contributed by atoms with Gasteiger partial charge in [-0.1, -0.05) is 23.5 Å². The second-order valence-corrected chi connectivity index (χ2v) is 10.5. The van der Waals surface area contributed by atoms with Crippen LogP contribution < -0.4 is 19.1 Å². The van der Waals surface area contributed by atoms with Gasteiger partial charge in [-0.2, -0.15) is 0 Å². The van der Waals surface area contributed by atoms with Gasteiger partial charge in [0.15, 0.2) is 5.13 Å². The molecule has 2 atom stereocenters. The zero-order valence-electron chi connectivity index (χ0n) is 21.6. The molecule has 0 unspecified atom stereocenters. The van der Waals surface area contributed by atoms with Crippen LogP contribution in [0.5, 0.6) is 17.2 Å². The smallest absolute Gasteiger partial charge is 0.301 e. The summed E-state index contributed by atoms with van der Waals surface area (Å²) in [4.78, 5) is 33.2. The zero-order valence-corrected chi connectivity index (χ0v) is 22.5. The number of amides is 1. The molecule has 3 aromatic carbocycles. The third-order valence-corrected chi connectivity index (χ3v) is 7.91. The lowest BCUT2D eigenvalue weighted by molar-refractivity contribution is -0.132. The fraction of sp³-hybridized carbons (Fsp3) is 0.233. The average Bonchev–Trinajstić information content (AvgIpc) is 3.60. The number of ether oxygens (including phenoxy) is 3. The maximum Gasteiger partial charge on any atom is 0.301 e. The number of nitrogens with zero attached hydrogens (tertiary/aromatic N) is 2. The van der Waals surface area contributed by atoms with Crippen LogP contribution in [-0.4, -0.2) is 41.6 Å². The lowest BCUT2D eigenvalue weighted by Gasteiger charge is -2.23. The lowest BCUT2D eigenvalue weighted by atomic mass is 9.94. The van der Waals surface area contributed by atoms with Crippen LogP contribution in [0, 0.1) is 0 Å². The summed E-state index contributed by atoms with van der Waals surface area (Å²) in [7, 11) is 1.58. The summed E-state index contributed by atoms with van der Waals surface area (Å²) in [5.74, 6) is 0.237. The van der Waals surface area contributed by atoms with Crippen molar-refractivity contribution in [3.63, 3.8) is 0 Å². The van der Waals surface area contributed by atoms with Crippen molar-refractivity contribution in [2.75, 3.05) is 18.6 Å². The van der Waals surface area contributed by atoms with Crippen molar-refractivity contribution in [2.45, 2.75) is 32.4 Å². The van der Waals surface area contributed by atoms with E-state index in [0.29, 0.717) is 46.3 Å². The van der Waals surface area contributed by atoms with E-state index in [2.05, 4.69) is 4.98 Å². The van der Waals surface area contributed by atoms with Crippen molar-refractivity contribution in [1.82, 2.24) is 4.98 Å². The minimum absolute atomic E-state index is 0.00241. The Hall–Kier alpha value is -4.37. The Labute approximate surface area is 229 Å². The molecule has 0 saturated carbocycles. The van der Waals surface area contributed by atoms with E-state index in [1.165, 1.54) is 16.2 Å². The lowest BCUT2D eigenvalue weighted by Crippen LogP contribution is -2.29. The van der Waals surface area contributed by atoms with Gasteiger partial charge >= 0.3 is 5.91 Å². The molecular formula is C30H26N2O6S. The highest BCUT2D eigenvalue weighted by molar-refractivity contribution is 7.22. The summed E-state index contributed by atoms with van der Waals surface area (Å²) in [6.45, 7) is 4.32. The van der Waals surface area contributed by atoms with Gasteiger partial charge in [-0.15, -0.1) is 0 Å². The van der Waals surface area contributed by atoms with Crippen LogP contribution in [0.4, 0.5) is 5.13 Å². The molecular weight excluding hydrogens is 516 g/mol. The summed E-state index contributed by atoms with van der Waals surface area (Å²) in [6, 6.07) is 17.1. The number of carbonyl (C=O) groups excluding carboxylic acids is 2. The Balaban J connectivity index is 1.53. The molecule has 2 aliphatic heterocycles. The van der Waals surface area contributed by atoms with E-state index in [1.807, 2.05) is 44.2 Å². The molecule has 0 bridgehead atoms. The van der Waals surface area contributed by atoms with Gasteiger partial charge in [0.1, 0.15) is 29.1 Å². The summed E-state index contributed by atoms with van der Waals surface area (Å²) < 4.78 is 17.6. The van der Waals surface area contributed by atoms with Crippen molar-refractivity contribution >= 4 is 44.1 Å². The SMILES string of the molecule is CCOc1cccc([C@H]2/C(=C(\O)c3ccc4c(c3)C[C@@H](C)O4)C(=O)C(=O)N2c2nc3ccc(OC)cc3s2)c1. The molecule has 1 N–H and O–H groups in total. The summed E-state index contributed by atoms with van der Waals surface area (Å²) in [6.07, 6.45) is 0.724. The number of fused-ring (bicyclic) bond motifs is 2. The molecule has 198 valence electrons. The number of carbonyl (C=O) groups is 2. The van der Waals surface area contributed by atoms with Crippen molar-refractivity contribution < 1.29 is 28.9 Å². The van der Waals surface area contributed by atoms with Crippen molar-refractivity contribution in [1.29, 1.82) is 0 Å². The number of aromatic nitrogens is 1. The van der Waals surface area contributed by atoms with E-state index in [-0.39, 0.29) is 17.4 Å². The van der Waals surface area contributed by atoms with E-state index in [4.69, 9.17) is 14.2 Å². The van der Waals surface area contributed by atoms with Crippen LogP contribution in [0.3, 0.4) is 0 Å². The molecule has 6 rings (SSSR count). The van der Waals surface area contributed by atoms with Gasteiger partial charge in [-0.05, 0) is 73.5 Å². The molecule has 1 saturated heterocycles. The number of anilines is 1. The predicted molar refractivity (Wildman–Crippen MR) is 149 cm³/mol. The van der Waals surface area contributed by atoms with Gasteiger partial charge in [0.05, 0.1) is 35.5 Å². The normalized spacial score (nSPS) is 19.8. The zero-order chi connectivity index (χ0) is 27.3. The minimum Gasteiger partial charge on any atom is -0.507 e. The molecule has 9 heteroatoms. The monoisotopic (exact) mass is 542 g/mol. The number of hydrogen-bond donors (Lipinski definition) is 1. The molecule has 8 nitrogen and oxygen atoms in total. The van der Waals surface area contributed by atoms with Gasteiger partial charge < -0.3 is 19.3 Å². The quantitative estimate of drug-likeness (QED) is 0.191. The van der Waals surface area contributed by atoms with Crippen LogP contribution in [0.25, 0.3) is 16.0 Å².